The van der Waals surface area contributed by atoms with Crippen molar-refractivity contribution in [2.75, 3.05) is 20.2 Å². The van der Waals surface area contributed by atoms with E-state index in [0.717, 1.165) is 29.9 Å². The largest absolute Gasteiger partial charge is 0.466 e. The van der Waals surface area contributed by atoms with Crippen LogP contribution in [0.2, 0.25) is 0 Å². The van der Waals surface area contributed by atoms with E-state index >= 15 is 0 Å². The molecule has 30 heavy (non-hydrogen) atoms. The van der Waals surface area contributed by atoms with E-state index in [1.54, 1.807) is 33.3 Å². The van der Waals surface area contributed by atoms with Crippen molar-refractivity contribution in [2.24, 2.45) is 0 Å². The highest BCUT2D eigenvalue weighted by atomic mass is 16.5. The first kappa shape index (κ1) is 20.2. The van der Waals surface area contributed by atoms with Crippen molar-refractivity contribution in [3.8, 4) is 11.3 Å². The van der Waals surface area contributed by atoms with Crippen LogP contribution in [-0.2, 0) is 11.3 Å². The van der Waals surface area contributed by atoms with Gasteiger partial charge in [0.1, 0.15) is 17.2 Å². The van der Waals surface area contributed by atoms with E-state index < -0.39 is 0 Å². The van der Waals surface area contributed by atoms with Gasteiger partial charge in [0.2, 0.25) is 5.65 Å². The first-order chi connectivity index (χ1) is 14.4. The summed E-state index contributed by atoms with van der Waals surface area (Å²) in [6.45, 7) is 9.01. The van der Waals surface area contributed by atoms with Crippen molar-refractivity contribution in [1.82, 2.24) is 18.9 Å². The number of allylic oxidation sites excluding steroid dienone is 1. The molecule has 0 spiro atoms. The fourth-order valence-electron chi connectivity index (χ4n) is 4.07. The van der Waals surface area contributed by atoms with Crippen molar-refractivity contribution in [2.45, 2.75) is 39.3 Å². The number of methoxy groups -OCH3 is 1. The second kappa shape index (κ2) is 7.95. The van der Waals surface area contributed by atoms with Crippen molar-refractivity contribution >= 4 is 11.6 Å². The zero-order chi connectivity index (χ0) is 21.4. The highest BCUT2D eigenvalue weighted by Crippen LogP contribution is 2.26. The highest BCUT2D eigenvalue weighted by Gasteiger charge is 2.27. The molecule has 1 atom stereocenters. The number of carbonyl (C=O) groups is 1. The number of imidazole rings is 1. The molecule has 0 saturated carbocycles. The third-order valence-corrected chi connectivity index (χ3v) is 5.57. The molecule has 0 aliphatic carbocycles. The number of piperidine rings is 1. The van der Waals surface area contributed by atoms with Gasteiger partial charge in [-0.3, -0.25) is 18.6 Å². The molecule has 1 amide bonds. The number of likely N-dealkylation sites (tertiary alicyclic amines) is 1. The Labute approximate surface area is 174 Å². The standard InChI is InChI=1S/C22H26N4O4/c1-5-8-26-19(17-10-14(2)30-15(17)3)13-25-12-18(23-20(25)22(26)28)21(27)24-9-6-7-16(11-24)29-4/h5,10,12-13,16H,1,6-9,11H2,2-4H3/t16-/m0/s1. The lowest BCUT2D eigenvalue weighted by molar-refractivity contribution is 0.0266. The molecule has 4 rings (SSSR count). The number of amides is 1. The molecule has 158 valence electrons. The predicted molar refractivity (Wildman–Crippen MR) is 113 cm³/mol. The van der Waals surface area contributed by atoms with Crippen LogP contribution in [0.5, 0.6) is 0 Å². The molecular weight excluding hydrogens is 384 g/mol. The second-order valence-electron chi connectivity index (χ2n) is 7.65. The van der Waals surface area contributed by atoms with Gasteiger partial charge in [0, 0.05) is 44.7 Å². The number of aromatic nitrogens is 3. The fourth-order valence-corrected chi connectivity index (χ4v) is 4.07. The van der Waals surface area contributed by atoms with E-state index in [4.69, 9.17) is 9.15 Å². The van der Waals surface area contributed by atoms with Crippen LogP contribution in [0.25, 0.3) is 16.9 Å². The number of fused-ring (bicyclic) bond motifs is 1. The maximum Gasteiger partial charge on any atom is 0.295 e. The van der Waals surface area contributed by atoms with Gasteiger partial charge in [-0.2, -0.15) is 0 Å². The zero-order valence-electron chi connectivity index (χ0n) is 17.6. The van der Waals surface area contributed by atoms with Crippen LogP contribution in [-0.4, -0.2) is 51.1 Å². The van der Waals surface area contributed by atoms with Crippen molar-refractivity contribution in [3.05, 3.63) is 58.7 Å². The number of carbonyl (C=O) groups excluding carboxylic acids is 1. The lowest BCUT2D eigenvalue weighted by Gasteiger charge is -2.31. The van der Waals surface area contributed by atoms with Crippen LogP contribution in [0.3, 0.4) is 0 Å². The van der Waals surface area contributed by atoms with Crippen LogP contribution in [0.1, 0.15) is 34.9 Å². The highest BCUT2D eigenvalue weighted by molar-refractivity contribution is 5.93. The topological polar surface area (TPSA) is 82.0 Å². The van der Waals surface area contributed by atoms with Gasteiger partial charge in [-0.05, 0) is 32.8 Å². The summed E-state index contributed by atoms with van der Waals surface area (Å²) < 4.78 is 14.3. The van der Waals surface area contributed by atoms with E-state index in [1.165, 1.54) is 0 Å². The first-order valence-electron chi connectivity index (χ1n) is 10.1. The van der Waals surface area contributed by atoms with E-state index in [-0.39, 0.29) is 28.9 Å². The number of aryl methyl sites for hydroxylation is 2. The minimum Gasteiger partial charge on any atom is -0.466 e. The summed E-state index contributed by atoms with van der Waals surface area (Å²) in [6.07, 6.45) is 6.95. The monoisotopic (exact) mass is 410 g/mol. The lowest BCUT2D eigenvalue weighted by atomic mass is 10.1. The molecule has 1 saturated heterocycles. The summed E-state index contributed by atoms with van der Waals surface area (Å²) in [6, 6.07) is 1.90. The number of hydrogen-bond donors (Lipinski definition) is 0. The Bertz CT molecular complexity index is 1170. The number of ether oxygens (including phenoxy) is 1. The van der Waals surface area contributed by atoms with Gasteiger partial charge < -0.3 is 14.1 Å². The molecular formula is C22H26N4O4. The zero-order valence-corrected chi connectivity index (χ0v) is 17.6. The summed E-state index contributed by atoms with van der Waals surface area (Å²) in [4.78, 5) is 32.3. The lowest BCUT2D eigenvalue weighted by Crippen LogP contribution is -2.43. The van der Waals surface area contributed by atoms with Gasteiger partial charge in [-0.15, -0.1) is 6.58 Å². The number of hydrogen-bond acceptors (Lipinski definition) is 5. The smallest absolute Gasteiger partial charge is 0.295 e. The Morgan fingerprint density at radius 3 is 2.87 bits per heavy atom. The Balaban J connectivity index is 1.80. The maximum atomic E-state index is 13.2. The van der Waals surface area contributed by atoms with E-state index in [1.807, 2.05) is 26.1 Å². The molecule has 0 unspecified atom stereocenters. The predicted octanol–water partition coefficient (Wildman–Crippen LogP) is 2.81. The summed E-state index contributed by atoms with van der Waals surface area (Å²) in [5.74, 6) is 1.30. The van der Waals surface area contributed by atoms with Crippen molar-refractivity contribution < 1.29 is 13.9 Å². The Morgan fingerprint density at radius 2 is 2.20 bits per heavy atom. The minimum atomic E-state index is -0.280. The summed E-state index contributed by atoms with van der Waals surface area (Å²) in [7, 11) is 1.66. The Kier molecular flexibility index (Phi) is 5.34. The van der Waals surface area contributed by atoms with Crippen LogP contribution in [0, 0.1) is 13.8 Å². The molecule has 8 heteroatoms. The SMILES string of the molecule is C=CCn1c(-c2cc(C)oc2C)cn2cc(C(=O)N3CCC[C@H](OC)C3)nc2c1=O. The number of rotatable bonds is 5. The van der Waals surface area contributed by atoms with Crippen LogP contribution >= 0.6 is 0 Å². The molecule has 8 nitrogen and oxygen atoms in total. The van der Waals surface area contributed by atoms with E-state index in [0.29, 0.717) is 25.3 Å². The minimum absolute atomic E-state index is 0.0310. The summed E-state index contributed by atoms with van der Waals surface area (Å²) in [5, 5.41) is 0. The van der Waals surface area contributed by atoms with Gasteiger partial charge >= 0.3 is 0 Å². The molecule has 0 bridgehead atoms. The number of nitrogens with zero attached hydrogens (tertiary/aromatic N) is 4. The summed E-state index contributed by atoms with van der Waals surface area (Å²) in [5.41, 5.74) is 1.70. The molecule has 4 heterocycles. The van der Waals surface area contributed by atoms with Crippen LogP contribution < -0.4 is 5.56 Å². The first-order valence-corrected chi connectivity index (χ1v) is 10.1. The third kappa shape index (κ3) is 3.47. The molecule has 1 aliphatic heterocycles. The Hall–Kier alpha value is -3.13. The second-order valence-corrected chi connectivity index (χ2v) is 7.65. The maximum absolute atomic E-state index is 13.2. The fraction of sp³-hybridized carbons (Fsp3) is 0.409. The van der Waals surface area contributed by atoms with Crippen molar-refractivity contribution in [1.29, 1.82) is 0 Å². The van der Waals surface area contributed by atoms with Crippen molar-refractivity contribution in [3.63, 3.8) is 0 Å². The average Bonchev–Trinajstić information content (AvgIpc) is 3.32. The molecule has 0 aromatic carbocycles. The number of furan rings is 1. The van der Waals surface area contributed by atoms with Crippen LogP contribution in [0.4, 0.5) is 0 Å². The van der Waals surface area contributed by atoms with Gasteiger partial charge in [-0.1, -0.05) is 6.08 Å². The quantitative estimate of drug-likeness (QED) is 0.604. The van der Waals surface area contributed by atoms with Gasteiger partial charge in [0.05, 0.1) is 11.8 Å². The summed E-state index contributed by atoms with van der Waals surface area (Å²) >= 11 is 0. The Morgan fingerprint density at radius 1 is 1.40 bits per heavy atom. The van der Waals surface area contributed by atoms with Gasteiger partial charge in [0.25, 0.3) is 11.5 Å². The van der Waals surface area contributed by atoms with Gasteiger partial charge in [-0.25, -0.2) is 4.98 Å². The van der Waals surface area contributed by atoms with Crippen LogP contribution in [0.15, 0.2) is 40.3 Å². The van der Waals surface area contributed by atoms with Gasteiger partial charge in [0.15, 0.2) is 0 Å². The third-order valence-electron chi connectivity index (χ3n) is 5.57. The average molecular weight is 410 g/mol. The molecule has 3 aromatic heterocycles. The molecule has 1 fully saturated rings. The molecule has 3 aromatic rings. The normalized spacial score (nSPS) is 16.9. The molecule has 0 N–H and O–H groups in total. The molecule has 1 aliphatic rings. The molecule has 0 radical (unpaired) electrons. The van der Waals surface area contributed by atoms with E-state index in [9.17, 15) is 9.59 Å². The van der Waals surface area contributed by atoms with E-state index in [2.05, 4.69) is 11.6 Å².